The predicted molar refractivity (Wildman–Crippen MR) is 133 cm³/mol. The summed E-state index contributed by atoms with van der Waals surface area (Å²) in [4.78, 5) is 36.0. The number of likely N-dealkylation sites (tertiary alicyclic amines) is 1. The molecule has 5 rings (SSSR count). The van der Waals surface area contributed by atoms with Gasteiger partial charge in [-0.1, -0.05) is 37.3 Å². The molecule has 3 aliphatic heterocycles. The lowest BCUT2D eigenvalue weighted by Crippen LogP contribution is -2.45. The fourth-order valence-electron chi connectivity index (χ4n) is 6.02. The van der Waals surface area contributed by atoms with E-state index in [1.54, 1.807) is 0 Å². The zero-order valence-corrected chi connectivity index (χ0v) is 20.9. The van der Waals surface area contributed by atoms with Crippen LogP contribution in [0, 0.1) is 0 Å². The Hall–Kier alpha value is -3.10. The molecule has 2 amide bonds. The molecule has 0 aliphatic carbocycles. The second kappa shape index (κ2) is 9.17. The van der Waals surface area contributed by atoms with Crippen LogP contribution in [-0.2, 0) is 21.5 Å². The summed E-state index contributed by atoms with van der Waals surface area (Å²) in [6, 6.07) is 15.0. The SMILES string of the molecule is CC1CC(NC(=O)Oc2ccc3c(c2)[C@]2(C)CCN(C)[C@@H]2N3C)C(=O)N1OCCc1ccccc1. The maximum Gasteiger partial charge on any atom is 0.413 e. The van der Waals surface area contributed by atoms with Crippen molar-refractivity contribution in [3.8, 4) is 5.75 Å². The van der Waals surface area contributed by atoms with Crippen molar-refractivity contribution in [2.75, 3.05) is 32.1 Å². The molecular formula is C27H34N4O4. The van der Waals surface area contributed by atoms with Gasteiger partial charge in [0.2, 0.25) is 0 Å². The third-order valence-electron chi connectivity index (χ3n) is 7.76. The predicted octanol–water partition coefficient (Wildman–Crippen LogP) is 3.31. The Bertz CT molecular complexity index is 1110. The summed E-state index contributed by atoms with van der Waals surface area (Å²) < 4.78 is 5.62. The number of carbonyl (C=O) groups excluding carboxylic acids is 2. The summed E-state index contributed by atoms with van der Waals surface area (Å²) >= 11 is 0. The van der Waals surface area contributed by atoms with Crippen molar-refractivity contribution in [2.24, 2.45) is 0 Å². The summed E-state index contributed by atoms with van der Waals surface area (Å²) in [5.74, 6) is 0.239. The first-order valence-electron chi connectivity index (χ1n) is 12.3. The summed E-state index contributed by atoms with van der Waals surface area (Å²) in [7, 11) is 4.27. The van der Waals surface area contributed by atoms with Crippen LogP contribution >= 0.6 is 0 Å². The number of carbonyl (C=O) groups is 2. The van der Waals surface area contributed by atoms with Gasteiger partial charge in [-0.05, 0) is 62.6 Å². The van der Waals surface area contributed by atoms with Gasteiger partial charge in [0, 0.05) is 24.7 Å². The number of hydrogen-bond donors (Lipinski definition) is 1. The van der Waals surface area contributed by atoms with E-state index in [0.29, 0.717) is 31.4 Å². The zero-order valence-electron chi connectivity index (χ0n) is 20.9. The monoisotopic (exact) mass is 478 g/mol. The number of nitrogens with one attached hydrogen (secondary N) is 1. The third kappa shape index (κ3) is 4.25. The summed E-state index contributed by atoms with van der Waals surface area (Å²) in [5, 5.41) is 4.12. The van der Waals surface area contributed by atoms with Gasteiger partial charge >= 0.3 is 6.09 Å². The molecule has 8 heteroatoms. The highest BCUT2D eigenvalue weighted by Crippen LogP contribution is 2.51. The van der Waals surface area contributed by atoms with E-state index in [0.717, 1.165) is 18.5 Å². The quantitative estimate of drug-likeness (QED) is 0.687. The van der Waals surface area contributed by atoms with Crippen LogP contribution in [0.1, 0.15) is 37.8 Å². The van der Waals surface area contributed by atoms with Gasteiger partial charge < -0.3 is 15.0 Å². The first-order valence-corrected chi connectivity index (χ1v) is 12.3. The molecule has 8 nitrogen and oxygen atoms in total. The zero-order chi connectivity index (χ0) is 24.7. The van der Waals surface area contributed by atoms with Crippen LogP contribution < -0.4 is 15.0 Å². The van der Waals surface area contributed by atoms with Crippen molar-refractivity contribution in [1.29, 1.82) is 0 Å². The lowest BCUT2D eigenvalue weighted by molar-refractivity contribution is -0.187. The van der Waals surface area contributed by atoms with E-state index in [1.807, 2.05) is 55.5 Å². The van der Waals surface area contributed by atoms with Crippen LogP contribution in [0.25, 0.3) is 0 Å². The standard InChI is InChI=1S/C27H34N4O4/c1-18-16-22(24(32)31(18)34-15-12-19-8-6-5-7-9-19)28-26(33)35-20-10-11-23-21(17-20)27(2)13-14-29(3)25(27)30(23)4/h5-11,17-18,22,25H,12-16H2,1-4H3,(H,28,33)/t18?,22?,25-,27+/m1/s1. The van der Waals surface area contributed by atoms with Crippen molar-refractivity contribution in [2.45, 2.75) is 56.8 Å². The highest BCUT2D eigenvalue weighted by atomic mass is 16.7. The van der Waals surface area contributed by atoms with Gasteiger partial charge in [0.05, 0.1) is 18.8 Å². The number of ether oxygens (including phenoxy) is 1. The number of hydroxylamine groups is 2. The number of hydrogen-bond acceptors (Lipinski definition) is 6. The summed E-state index contributed by atoms with van der Waals surface area (Å²) in [5.41, 5.74) is 3.50. The van der Waals surface area contributed by atoms with Gasteiger partial charge in [-0.15, -0.1) is 0 Å². The Balaban J connectivity index is 1.18. The molecular weight excluding hydrogens is 444 g/mol. The average molecular weight is 479 g/mol. The second-order valence-corrected chi connectivity index (χ2v) is 10.2. The van der Waals surface area contributed by atoms with E-state index >= 15 is 0 Å². The summed E-state index contributed by atoms with van der Waals surface area (Å²) in [6.45, 7) is 5.62. The molecule has 3 heterocycles. The maximum atomic E-state index is 12.9. The molecule has 0 radical (unpaired) electrons. The number of nitrogens with zero attached hydrogens (tertiary/aromatic N) is 3. The largest absolute Gasteiger partial charge is 0.413 e. The van der Waals surface area contributed by atoms with E-state index in [2.05, 4.69) is 36.1 Å². The van der Waals surface area contributed by atoms with Crippen LogP contribution in [0.3, 0.4) is 0 Å². The van der Waals surface area contributed by atoms with Gasteiger partial charge in [-0.25, -0.2) is 9.86 Å². The Morgan fingerprint density at radius 1 is 1.17 bits per heavy atom. The van der Waals surface area contributed by atoms with E-state index in [9.17, 15) is 9.59 Å². The normalized spacial score (nSPS) is 27.8. The first kappa shape index (κ1) is 23.6. The lowest BCUT2D eigenvalue weighted by atomic mass is 9.81. The van der Waals surface area contributed by atoms with Gasteiger partial charge in [0.15, 0.2) is 0 Å². The van der Waals surface area contributed by atoms with Crippen LogP contribution in [0.5, 0.6) is 5.75 Å². The number of likely N-dealkylation sites (N-methyl/N-ethyl adjacent to an activating group) is 2. The van der Waals surface area contributed by atoms with Crippen molar-refractivity contribution in [3.63, 3.8) is 0 Å². The van der Waals surface area contributed by atoms with Gasteiger partial charge in [0.25, 0.3) is 5.91 Å². The van der Waals surface area contributed by atoms with E-state index < -0.39 is 12.1 Å². The van der Waals surface area contributed by atoms with Crippen molar-refractivity contribution in [1.82, 2.24) is 15.3 Å². The number of benzene rings is 2. The minimum Gasteiger partial charge on any atom is -0.410 e. The smallest absolute Gasteiger partial charge is 0.410 e. The van der Waals surface area contributed by atoms with Crippen molar-refractivity contribution >= 4 is 17.7 Å². The van der Waals surface area contributed by atoms with Crippen LogP contribution in [-0.4, -0.2) is 67.5 Å². The molecule has 1 N–H and O–H groups in total. The molecule has 0 saturated carbocycles. The van der Waals surface area contributed by atoms with Gasteiger partial charge in [0.1, 0.15) is 11.8 Å². The molecule has 4 atom stereocenters. The fraction of sp³-hybridized carbons (Fsp3) is 0.481. The molecule has 2 fully saturated rings. The fourth-order valence-corrected chi connectivity index (χ4v) is 6.02. The molecule has 2 saturated heterocycles. The van der Waals surface area contributed by atoms with E-state index in [1.165, 1.54) is 16.3 Å². The molecule has 0 bridgehead atoms. The van der Waals surface area contributed by atoms with Gasteiger partial charge in [-0.3, -0.25) is 14.5 Å². The molecule has 0 aromatic heterocycles. The van der Waals surface area contributed by atoms with Crippen LogP contribution in [0.2, 0.25) is 0 Å². The molecule has 2 aromatic rings. The highest BCUT2D eigenvalue weighted by Gasteiger charge is 2.52. The topological polar surface area (TPSA) is 74.4 Å². The molecule has 3 aliphatic rings. The molecule has 0 spiro atoms. The molecule has 186 valence electrons. The highest BCUT2D eigenvalue weighted by molar-refractivity contribution is 5.87. The van der Waals surface area contributed by atoms with E-state index in [4.69, 9.17) is 9.57 Å². The average Bonchev–Trinajstić information content (AvgIpc) is 3.37. The second-order valence-electron chi connectivity index (χ2n) is 10.2. The van der Waals surface area contributed by atoms with Crippen molar-refractivity contribution < 1.29 is 19.2 Å². The Morgan fingerprint density at radius 3 is 2.71 bits per heavy atom. The Kier molecular flexibility index (Phi) is 6.19. The van der Waals surface area contributed by atoms with Crippen molar-refractivity contribution in [3.05, 3.63) is 59.7 Å². The van der Waals surface area contributed by atoms with Crippen LogP contribution in [0.4, 0.5) is 10.5 Å². The Morgan fingerprint density at radius 2 is 1.94 bits per heavy atom. The molecule has 2 aromatic carbocycles. The minimum absolute atomic E-state index is 0.0108. The van der Waals surface area contributed by atoms with Gasteiger partial charge in [-0.2, -0.15) is 0 Å². The number of rotatable bonds is 6. The molecule has 35 heavy (non-hydrogen) atoms. The number of amides is 2. The molecule has 2 unspecified atom stereocenters. The number of anilines is 1. The Labute approximate surface area is 206 Å². The minimum atomic E-state index is -0.667. The van der Waals surface area contributed by atoms with E-state index in [-0.39, 0.29) is 17.4 Å². The van der Waals surface area contributed by atoms with Crippen LogP contribution in [0.15, 0.2) is 48.5 Å². The summed E-state index contributed by atoms with van der Waals surface area (Å²) in [6.07, 6.45) is 1.90. The number of fused-ring (bicyclic) bond motifs is 3. The first-order chi connectivity index (χ1) is 16.8. The lowest BCUT2D eigenvalue weighted by Gasteiger charge is -2.32. The third-order valence-corrected chi connectivity index (χ3v) is 7.76. The maximum absolute atomic E-state index is 12.9.